The van der Waals surface area contributed by atoms with Crippen LogP contribution in [0.25, 0.3) is 0 Å². The fourth-order valence-corrected chi connectivity index (χ4v) is 1.65. The number of rotatable bonds is 2. The van der Waals surface area contributed by atoms with E-state index >= 15 is 0 Å². The van der Waals surface area contributed by atoms with Crippen molar-refractivity contribution in [2.45, 2.75) is 5.38 Å². The van der Waals surface area contributed by atoms with E-state index in [9.17, 15) is 8.78 Å². The molecule has 0 bridgehead atoms. The second-order valence-corrected chi connectivity index (χ2v) is 3.98. The summed E-state index contributed by atoms with van der Waals surface area (Å²) >= 11 is 4.89. The molecule has 1 aromatic rings. The second kappa shape index (κ2) is 4.51. The van der Waals surface area contributed by atoms with Gasteiger partial charge in [-0.05, 0) is 23.7 Å². The molecular formula is C10H11ClF2N2O. The van der Waals surface area contributed by atoms with Crippen LogP contribution in [0.4, 0.5) is 14.6 Å². The van der Waals surface area contributed by atoms with E-state index in [4.69, 9.17) is 16.3 Å². The van der Waals surface area contributed by atoms with Crippen molar-refractivity contribution in [3.8, 4) is 0 Å². The molecule has 88 valence electrons. The topological polar surface area (TPSA) is 25.4 Å². The van der Waals surface area contributed by atoms with E-state index in [1.54, 1.807) is 6.07 Å². The Morgan fingerprint density at radius 3 is 2.50 bits per heavy atom. The van der Waals surface area contributed by atoms with Crippen LogP contribution in [-0.4, -0.2) is 31.3 Å². The number of morpholine rings is 1. The Morgan fingerprint density at radius 2 is 2.00 bits per heavy atom. The van der Waals surface area contributed by atoms with Crippen molar-refractivity contribution in [3.05, 3.63) is 23.9 Å². The Bertz CT molecular complexity index is 347. The van der Waals surface area contributed by atoms with Gasteiger partial charge in [0.1, 0.15) is 5.82 Å². The molecule has 0 spiro atoms. The van der Waals surface area contributed by atoms with Gasteiger partial charge in [0, 0.05) is 19.3 Å². The molecule has 0 radical (unpaired) electrons. The maximum atomic E-state index is 12.7. The highest BCUT2D eigenvalue weighted by Gasteiger charge is 2.28. The molecule has 0 amide bonds. The van der Waals surface area contributed by atoms with E-state index in [0.29, 0.717) is 19.0 Å². The normalized spacial score (nSPS) is 17.6. The van der Waals surface area contributed by atoms with Crippen LogP contribution < -0.4 is 4.90 Å². The summed E-state index contributed by atoms with van der Waals surface area (Å²) in [5.74, 6) is 0.674. The molecule has 0 aromatic carbocycles. The Morgan fingerprint density at radius 1 is 1.31 bits per heavy atom. The van der Waals surface area contributed by atoms with Gasteiger partial charge >= 0.3 is 5.38 Å². The fraction of sp³-hybridized carbons (Fsp3) is 0.500. The van der Waals surface area contributed by atoms with Crippen molar-refractivity contribution in [1.29, 1.82) is 0 Å². The smallest absolute Gasteiger partial charge is 0.349 e. The van der Waals surface area contributed by atoms with Gasteiger partial charge in [-0.3, -0.25) is 0 Å². The molecular weight excluding hydrogens is 238 g/mol. The Kier molecular flexibility index (Phi) is 3.25. The lowest BCUT2D eigenvalue weighted by Gasteiger charge is -2.27. The van der Waals surface area contributed by atoms with Crippen LogP contribution >= 0.6 is 11.6 Å². The molecule has 0 aliphatic carbocycles. The summed E-state index contributed by atoms with van der Waals surface area (Å²) < 4.78 is 30.6. The van der Waals surface area contributed by atoms with Crippen molar-refractivity contribution in [2.24, 2.45) is 0 Å². The zero-order valence-electron chi connectivity index (χ0n) is 8.50. The van der Waals surface area contributed by atoms with Gasteiger partial charge in [-0.2, -0.15) is 8.78 Å². The molecule has 1 aliphatic heterocycles. The molecule has 3 nitrogen and oxygen atoms in total. The third kappa shape index (κ3) is 2.59. The molecule has 0 atom stereocenters. The molecule has 16 heavy (non-hydrogen) atoms. The predicted molar refractivity (Wildman–Crippen MR) is 57.0 cm³/mol. The van der Waals surface area contributed by atoms with Crippen molar-refractivity contribution in [3.63, 3.8) is 0 Å². The summed E-state index contributed by atoms with van der Waals surface area (Å²) in [6, 6.07) is 2.85. The minimum Gasteiger partial charge on any atom is -0.378 e. The molecule has 1 aliphatic rings. The molecule has 0 saturated carbocycles. The molecule has 1 fully saturated rings. The number of aromatic nitrogens is 1. The summed E-state index contributed by atoms with van der Waals surface area (Å²) in [5.41, 5.74) is -0.286. The highest BCUT2D eigenvalue weighted by atomic mass is 35.5. The average Bonchev–Trinajstić information content (AvgIpc) is 2.29. The molecule has 0 N–H and O–H groups in total. The van der Waals surface area contributed by atoms with Crippen molar-refractivity contribution >= 4 is 17.4 Å². The van der Waals surface area contributed by atoms with E-state index in [-0.39, 0.29) is 5.56 Å². The van der Waals surface area contributed by atoms with Crippen LogP contribution in [0.5, 0.6) is 0 Å². The van der Waals surface area contributed by atoms with Crippen LogP contribution in [0.3, 0.4) is 0 Å². The average molecular weight is 249 g/mol. The minimum absolute atomic E-state index is 0.286. The van der Waals surface area contributed by atoms with Gasteiger partial charge in [0.05, 0.1) is 18.8 Å². The first kappa shape index (κ1) is 11.5. The summed E-state index contributed by atoms with van der Waals surface area (Å²) in [6.45, 7) is 2.72. The third-order valence-corrected chi connectivity index (χ3v) is 2.63. The number of hydrogen-bond donors (Lipinski definition) is 0. The zero-order valence-corrected chi connectivity index (χ0v) is 9.25. The van der Waals surface area contributed by atoms with Crippen molar-refractivity contribution in [2.75, 3.05) is 31.2 Å². The van der Waals surface area contributed by atoms with Gasteiger partial charge in [0.15, 0.2) is 0 Å². The maximum absolute atomic E-state index is 12.7. The monoisotopic (exact) mass is 248 g/mol. The quantitative estimate of drug-likeness (QED) is 0.751. The third-order valence-electron chi connectivity index (χ3n) is 2.41. The molecule has 6 heteroatoms. The zero-order chi connectivity index (χ0) is 11.6. The molecule has 2 heterocycles. The first-order valence-corrected chi connectivity index (χ1v) is 5.31. The first-order chi connectivity index (χ1) is 7.57. The standard InChI is InChI=1S/C10H11ClF2N2O/c11-10(12,13)8-1-2-9(14-7-8)15-3-5-16-6-4-15/h1-2,7H,3-6H2. The van der Waals surface area contributed by atoms with E-state index in [0.717, 1.165) is 19.3 Å². The predicted octanol–water partition coefficient (Wildman–Crippen LogP) is 2.21. The number of anilines is 1. The molecule has 0 unspecified atom stereocenters. The van der Waals surface area contributed by atoms with E-state index in [2.05, 4.69) is 4.98 Å². The van der Waals surface area contributed by atoms with Crippen molar-refractivity contribution in [1.82, 2.24) is 4.98 Å². The number of nitrogens with zero attached hydrogens (tertiary/aromatic N) is 2. The SMILES string of the molecule is FC(F)(Cl)c1ccc(N2CCOCC2)nc1. The lowest BCUT2D eigenvalue weighted by Crippen LogP contribution is -2.36. The number of alkyl halides is 3. The minimum atomic E-state index is -3.35. The molecule has 1 saturated heterocycles. The lowest BCUT2D eigenvalue weighted by molar-refractivity contribution is 0.0946. The van der Waals surface area contributed by atoms with Crippen molar-refractivity contribution < 1.29 is 13.5 Å². The summed E-state index contributed by atoms with van der Waals surface area (Å²) in [6.07, 6.45) is 1.11. The Balaban J connectivity index is 2.12. The van der Waals surface area contributed by atoms with E-state index < -0.39 is 5.38 Å². The highest BCUT2D eigenvalue weighted by Crippen LogP contribution is 2.32. The highest BCUT2D eigenvalue weighted by molar-refractivity contribution is 6.21. The van der Waals surface area contributed by atoms with Crippen LogP contribution in [0.2, 0.25) is 0 Å². The van der Waals surface area contributed by atoms with Gasteiger partial charge in [-0.1, -0.05) is 0 Å². The number of hydrogen-bond acceptors (Lipinski definition) is 3. The summed E-state index contributed by atoms with van der Waals surface area (Å²) in [5, 5.41) is -3.35. The fourth-order valence-electron chi connectivity index (χ4n) is 1.53. The number of pyridine rings is 1. The molecule has 2 rings (SSSR count). The van der Waals surface area contributed by atoms with E-state index in [1.807, 2.05) is 4.90 Å². The van der Waals surface area contributed by atoms with Gasteiger partial charge in [0.2, 0.25) is 0 Å². The van der Waals surface area contributed by atoms with Gasteiger partial charge in [-0.25, -0.2) is 4.98 Å². The van der Waals surface area contributed by atoms with Crippen LogP contribution in [0.1, 0.15) is 5.56 Å². The van der Waals surface area contributed by atoms with Crippen LogP contribution in [0, 0.1) is 0 Å². The largest absolute Gasteiger partial charge is 0.378 e. The summed E-state index contributed by atoms with van der Waals surface area (Å²) in [4.78, 5) is 5.96. The maximum Gasteiger partial charge on any atom is 0.349 e. The van der Waals surface area contributed by atoms with E-state index in [1.165, 1.54) is 6.07 Å². The number of halogens is 3. The Labute approximate surface area is 97.0 Å². The second-order valence-electron chi connectivity index (χ2n) is 3.50. The van der Waals surface area contributed by atoms with Crippen LogP contribution in [-0.2, 0) is 10.1 Å². The van der Waals surface area contributed by atoms with Gasteiger partial charge in [0.25, 0.3) is 0 Å². The molecule has 1 aromatic heterocycles. The first-order valence-electron chi connectivity index (χ1n) is 4.93. The van der Waals surface area contributed by atoms with Gasteiger partial charge in [-0.15, -0.1) is 0 Å². The summed E-state index contributed by atoms with van der Waals surface area (Å²) in [7, 11) is 0. The number of ether oxygens (including phenoxy) is 1. The van der Waals surface area contributed by atoms with Gasteiger partial charge < -0.3 is 9.64 Å². The lowest BCUT2D eigenvalue weighted by atomic mass is 10.3. The Hall–Kier alpha value is -0.940. The van der Waals surface area contributed by atoms with Crippen LogP contribution in [0.15, 0.2) is 18.3 Å².